The van der Waals surface area contributed by atoms with Crippen molar-refractivity contribution < 1.29 is 19.4 Å². The minimum Gasteiger partial charge on any atom is -0.480 e. The molecule has 0 saturated carbocycles. The average Bonchev–Trinajstić information content (AvgIpc) is 2.83. The van der Waals surface area contributed by atoms with Crippen LogP contribution < -0.4 is 0 Å². The van der Waals surface area contributed by atoms with E-state index in [4.69, 9.17) is 4.74 Å². The molecule has 1 heterocycles. The minimum absolute atomic E-state index is 0.105. The van der Waals surface area contributed by atoms with E-state index >= 15 is 0 Å². The van der Waals surface area contributed by atoms with Gasteiger partial charge < -0.3 is 19.6 Å². The predicted octanol–water partition coefficient (Wildman–Crippen LogP) is 1.40. The van der Waals surface area contributed by atoms with Gasteiger partial charge in [0.2, 0.25) is 0 Å². The second-order valence-electron chi connectivity index (χ2n) is 4.93. The maximum absolute atomic E-state index is 12.5. The summed E-state index contributed by atoms with van der Waals surface area (Å²) < 4.78 is 5.20. The zero-order valence-electron chi connectivity index (χ0n) is 12.1. The molecule has 0 aromatic rings. The number of carboxylic acid groups (broad SMARTS) is 1. The third kappa shape index (κ3) is 3.37. The molecule has 0 aliphatic carbocycles. The third-order valence-corrected chi connectivity index (χ3v) is 3.84. The number of carboxylic acids is 1. The lowest BCUT2D eigenvalue weighted by atomic mass is 10.2. The first kappa shape index (κ1) is 15.8. The molecule has 110 valence electrons. The molecule has 6 heteroatoms. The number of rotatable bonds is 5. The van der Waals surface area contributed by atoms with E-state index in [1.807, 2.05) is 20.8 Å². The Morgan fingerprint density at radius 3 is 2.53 bits per heavy atom. The highest BCUT2D eigenvalue weighted by Gasteiger charge is 2.41. The van der Waals surface area contributed by atoms with Crippen LogP contribution in [-0.2, 0) is 9.53 Å². The van der Waals surface area contributed by atoms with E-state index in [0.717, 1.165) is 6.42 Å². The average molecular weight is 272 g/mol. The van der Waals surface area contributed by atoms with Crippen molar-refractivity contribution in [1.29, 1.82) is 0 Å². The van der Waals surface area contributed by atoms with Crippen LogP contribution in [0.25, 0.3) is 0 Å². The summed E-state index contributed by atoms with van der Waals surface area (Å²) in [6.07, 6.45) is 1.01. The van der Waals surface area contributed by atoms with Crippen molar-refractivity contribution in [3.05, 3.63) is 0 Å². The van der Waals surface area contributed by atoms with Gasteiger partial charge in [0.15, 0.2) is 0 Å². The van der Waals surface area contributed by atoms with E-state index in [1.54, 1.807) is 12.0 Å². The summed E-state index contributed by atoms with van der Waals surface area (Å²) in [5, 5.41) is 9.23. The third-order valence-electron chi connectivity index (χ3n) is 3.84. The van der Waals surface area contributed by atoms with E-state index in [9.17, 15) is 14.7 Å². The molecule has 0 radical (unpaired) electrons. The molecule has 1 saturated heterocycles. The molecule has 0 spiro atoms. The number of aliphatic carboxylic acids is 1. The van der Waals surface area contributed by atoms with E-state index in [-0.39, 0.29) is 18.2 Å². The largest absolute Gasteiger partial charge is 0.480 e. The lowest BCUT2D eigenvalue weighted by Crippen LogP contribution is -2.50. The Bertz CT molecular complexity index is 335. The molecule has 3 unspecified atom stereocenters. The number of carbonyl (C=O) groups is 2. The van der Waals surface area contributed by atoms with Crippen LogP contribution in [0.5, 0.6) is 0 Å². The van der Waals surface area contributed by atoms with Gasteiger partial charge in [-0.25, -0.2) is 9.59 Å². The summed E-state index contributed by atoms with van der Waals surface area (Å²) in [7, 11) is 1.55. The Morgan fingerprint density at radius 1 is 1.47 bits per heavy atom. The molecule has 3 atom stereocenters. The van der Waals surface area contributed by atoms with Crippen LogP contribution in [-0.4, -0.2) is 65.3 Å². The highest BCUT2D eigenvalue weighted by molar-refractivity contribution is 5.83. The van der Waals surface area contributed by atoms with Crippen molar-refractivity contribution in [2.24, 2.45) is 0 Å². The van der Waals surface area contributed by atoms with Crippen molar-refractivity contribution in [1.82, 2.24) is 9.80 Å². The number of hydrogen-bond acceptors (Lipinski definition) is 3. The molecule has 0 aromatic heterocycles. The van der Waals surface area contributed by atoms with E-state index in [0.29, 0.717) is 19.5 Å². The summed E-state index contributed by atoms with van der Waals surface area (Å²) in [4.78, 5) is 26.9. The van der Waals surface area contributed by atoms with Gasteiger partial charge in [-0.3, -0.25) is 0 Å². The molecule has 19 heavy (non-hydrogen) atoms. The standard InChI is InChI=1S/C13H24N2O4/c1-5-9(3)14(6-2)13(18)15-8-10(19-4)7-11(15)12(16)17/h9-11H,5-8H2,1-4H3,(H,16,17). The molecule has 2 amide bonds. The first-order valence-electron chi connectivity index (χ1n) is 6.79. The topological polar surface area (TPSA) is 70.1 Å². The molecule has 6 nitrogen and oxygen atoms in total. The van der Waals surface area contributed by atoms with Crippen LogP contribution in [0, 0.1) is 0 Å². The van der Waals surface area contributed by atoms with Crippen molar-refractivity contribution in [3.63, 3.8) is 0 Å². The maximum Gasteiger partial charge on any atom is 0.326 e. The van der Waals surface area contributed by atoms with Crippen molar-refractivity contribution in [2.75, 3.05) is 20.2 Å². The van der Waals surface area contributed by atoms with Crippen LogP contribution in [0.1, 0.15) is 33.6 Å². The van der Waals surface area contributed by atoms with Gasteiger partial charge in [0.05, 0.1) is 6.10 Å². The van der Waals surface area contributed by atoms with Crippen molar-refractivity contribution in [3.8, 4) is 0 Å². The quantitative estimate of drug-likeness (QED) is 0.821. The number of urea groups is 1. The molecule has 1 aliphatic heterocycles. The molecule has 1 aliphatic rings. The Kier molecular flexibility index (Phi) is 5.60. The first-order valence-corrected chi connectivity index (χ1v) is 6.79. The summed E-state index contributed by atoms with van der Waals surface area (Å²) in [5.74, 6) is -0.965. The van der Waals surface area contributed by atoms with Gasteiger partial charge in [0, 0.05) is 32.7 Å². The second-order valence-corrected chi connectivity index (χ2v) is 4.93. The van der Waals surface area contributed by atoms with Crippen LogP contribution in [0.3, 0.4) is 0 Å². The zero-order chi connectivity index (χ0) is 14.6. The smallest absolute Gasteiger partial charge is 0.326 e. The van der Waals surface area contributed by atoms with E-state index in [1.165, 1.54) is 4.90 Å². The first-order chi connectivity index (χ1) is 8.96. The van der Waals surface area contributed by atoms with E-state index in [2.05, 4.69) is 0 Å². The van der Waals surface area contributed by atoms with Gasteiger partial charge in [0.1, 0.15) is 6.04 Å². The number of likely N-dealkylation sites (tertiary alicyclic amines) is 1. The molecular formula is C13H24N2O4. The van der Waals surface area contributed by atoms with Gasteiger partial charge >= 0.3 is 12.0 Å². The molecular weight excluding hydrogens is 248 g/mol. The monoisotopic (exact) mass is 272 g/mol. The highest BCUT2D eigenvalue weighted by Crippen LogP contribution is 2.23. The SMILES string of the molecule is CCC(C)N(CC)C(=O)N1CC(OC)CC1C(=O)O. The fraction of sp³-hybridized carbons (Fsp3) is 0.846. The summed E-state index contributed by atoms with van der Waals surface area (Å²) >= 11 is 0. The molecule has 0 aromatic carbocycles. The Balaban J connectivity index is 2.86. The number of nitrogens with zero attached hydrogens (tertiary/aromatic N) is 2. The normalized spacial score (nSPS) is 24.3. The predicted molar refractivity (Wildman–Crippen MR) is 71.1 cm³/mol. The highest BCUT2D eigenvalue weighted by atomic mass is 16.5. The molecule has 1 N–H and O–H groups in total. The Hall–Kier alpha value is -1.30. The molecule has 0 bridgehead atoms. The van der Waals surface area contributed by atoms with Crippen LogP contribution in [0.2, 0.25) is 0 Å². The second kappa shape index (κ2) is 6.75. The number of methoxy groups -OCH3 is 1. The van der Waals surface area contributed by atoms with Gasteiger partial charge in [0.25, 0.3) is 0 Å². The fourth-order valence-electron chi connectivity index (χ4n) is 2.43. The van der Waals surface area contributed by atoms with Gasteiger partial charge in [-0.1, -0.05) is 6.92 Å². The Morgan fingerprint density at radius 2 is 2.11 bits per heavy atom. The Labute approximate surface area is 114 Å². The fourth-order valence-corrected chi connectivity index (χ4v) is 2.43. The lowest BCUT2D eigenvalue weighted by molar-refractivity contribution is -0.141. The van der Waals surface area contributed by atoms with Crippen LogP contribution in [0.15, 0.2) is 0 Å². The van der Waals surface area contributed by atoms with Crippen molar-refractivity contribution >= 4 is 12.0 Å². The van der Waals surface area contributed by atoms with Crippen molar-refractivity contribution in [2.45, 2.75) is 51.8 Å². The number of hydrogen-bond donors (Lipinski definition) is 1. The zero-order valence-corrected chi connectivity index (χ0v) is 12.1. The summed E-state index contributed by atoms with van der Waals surface area (Å²) in [5.41, 5.74) is 0. The maximum atomic E-state index is 12.5. The molecule has 1 fully saturated rings. The number of amides is 2. The lowest BCUT2D eigenvalue weighted by Gasteiger charge is -2.33. The van der Waals surface area contributed by atoms with Crippen LogP contribution >= 0.6 is 0 Å². The van der Waals surface area contributed by atoms with E-state index < -0.39 is 12.0 Å². The minimum atomic E-state index is -0.965. The number of carbonyl (C=O) groups excluding carboxylic acids is 1. The van der Waals surface area contributed by atoms with Crippen LogP contribution in [0.4, 0.5) is 4.79 Å². The molecule has 1 rings (SSSR count). The summed E-state index contributed by atoms with van der Waals surface area (Å²) in [6.45, 7) is 6.82. The number of ether oxygens (including phenoxy) is 1. The van der Waals surface area contributed by atoms with Gasteiger partial charge in [-0.05, 0) is 20.3 Å². The van der Waals surface area contributed by atoms with Gasteiger partial charge in [-0.15, -0.1) is 0 Å². The van der Waals surface area contributed by atoms with Gasteiger partial charge in [-0.2, -0.15) is 0 Å². The summed E-state index contributed by atoms with van der Waals surface area (Å²) in [6, 6.07) is -0.882.